The third-order valence-corrected chi connectivity index (χ3v) is 4.51. The van der Waals surface area contributed by atoms with Crippen LogP contribution in [0.15, 0.2) is 33.6 Å². The van der Waals surface area contributed by atoms with Crippen molar-refractivity contribution in [1.29, 1.82) is 0 Å². The molecule has 1 aliphatic heterocycles. The topological polar surface area (TPSA) is 75.5 Å². The fourth-order valence-corrected chi connectivity index (χ4v) is 3.28. The molecule has 0 unspecified atom stereocenters. The minimum absolute atomic E-state index is 0.107. The molecule has 0 bridgehead atoms. The van der Waals surface area contributed by atoms with E-state index in [9.17, 15) is 14.0 Å². The molecule has 1 fully saturated rings. The normalized spacial score (nSPS) is 20.9. The summed E-state index contributed by atoms with van der Waals surface area (Å²) in [4.78, 5) is 24.8. The molecule has 24 heavy (non-hydrogen) atoms. The zero-order valence-corrected chi connectivity index (χ0v) is 13.7. The molecule has 0 radical (unpaired) electrons. The Hall–Kier alpha value is -2.28. The average molecular weight is 355 g/mol. The Labute approximate surface area is 142 Å². The molecule has 1 aromatic carbocycles. The SMILES string of the molecule is COC(=O)N1CC[C@@H](c2cc(=O)[nH]o2)C[C@H]1c1ccc(Cl)cc1F. The van der Waals surface area contributed by atoms with Gasteiger partial charge in [0.2, 0.25) is 0 Å². The van der Waals surface area contributed by atoms with Gasteiger partial charge in [0.25, 0.3) is 5.56 Å². The molecule has 3 rings (SSSR count). The van der Waals surface area contributed by atoms with Crippen molar-refractivity contribution in [3.63, 3.8) is 0 Å². The van der Waals surface area contributed by atoms with Gasteiger partial charge in [0, 0.05) is 29.1 Å². The Morgan fingerprint density at radius 1 is 1.46 bits per heavy atom. The average Bonchev–Trinajstić information content (AvgIpc) is 3.00. The first-order valence-corrected chi connectivity index (χ1v) is 7.85. The van der Waals surface area contributed by atoms with Crippen molar-refractivity contribution in [1.82, 2.24) is 10.1 Å². The van der Waals surface area contributed by atoms with Crippen molar-refractivity contribution in [2.45, 2.75) is 24.8 Å². The van der Waals surface area contributed by atoms with Crippen molar-refractivity contribution < 1.29 is 18.4 Å². The minimum atomic E-state index is -0.534. The first kappa shape index (κ1) is 16.6. The first-order chi connectivity index (χ1) is 11.5. The van der Waals surface area contributed by atoms with Gasteiger partial charge in [0.15, 0.2) is 0 Å². The molecule has 1 aliphatic rings. The van der Waals surface area contributed by atoms with Gasteiger partial charge in [-0.15, -0.1) is 0 Å². The van der Waals surface area contributed by atoms with Crippen LogP contribution < -0.4 is 5.56 Å². The van der Waals surface area contributed by atoms with Crippen LogP contribution in [0.4, 0.5) is 9.18 Å². The molecule has 1 N–H and O–H groups in total. The molecular formula is C16H16ClFN2O4. The maximum atomic E-state index is 14.4. The molecule has 1 amide bonds. The molecule has 0 saturated carbocycles. The van der Waals surface area contributed by atoms with Crippen LogP contribution in [-0.4, -0.2) is 29.8 Å². The maximum Gasteiger partial charge on any atom is 0.409 e. The van der Waals surface area contributed by atoms with Gasteiger partial charge in [-0.2, -0.15) is 5.16 Å². The Bertz CT molecular complexity index is 803. The number of hydrogen-bond acceptors (Lipinski definition) is 4. The number of ether oxygens (including phenoxy) is 1. The number of benzene rings is 1. The monoisotopic (exact) mass is 354 g/mol. The van der Waals surface area contributed by atoms with Crippen molar-refractivity contribution in [2.75, 3.05) is 13.7 Å². The van der Waals surface area contributed by atoms with E-state index in [1.165, 1.54) is 24.1 Å². The number of halogens is 2. The first-order valence-electron chi connectivity index (χ1n) is 7.47. The lowest BCUT2D eigenvalue weighted by molar-refractivity contribution is 0.0804. The van der Waals surface area contributed by atoms with E-state index < -0.39 is 18.0 Å². The lowest BCUT2D eigenvalue weighted by Gasteiger charge is -2.38. The number of rotatable bonds is 2. The van der Waals surface area contributed by atoms with Gasteiger partial charge in [-0.1, -0.05) is 17.7 Å². The van der Waals surface area contributed by atoms with Crippen LogP contribution in [0.25, 0.3) is 0 Å². The molecule has 128 valence electrons. The van der Waals surface area contributed by atoms with E-state index >= 15 is 0 Å². The van der Waals surface area contributed by atoms with Crippen LogP contribution in [0.1, 0.15) is 36.1 Å². The van der Waals surface area contributed by atoms with Gasteiger partial charge in [0.05, 0.1) is 13.2 Å². The van der Waals surface area contributed by atoms with Gasteiger partial charge in [-0.25, -0.2) is 9.18 Å². The molecule has 0 aliphatic carbocycles. The fourth-order valence-electron chi connectivity index (χ4n) is 3.12. The van der Waals surface area contributed by atoms with Gasteiger partial charge in [0.1, 0.15) is 11.6 Å². The van der Waals surface area contributed by atoms with Crippen LogP contribution in [0.5, 0.6) is 0 Å². The van der Waals surface area contributed by atoms with Gasteiger partial charge >= 0.3 is 6.09 Å². The van der Waals surface area contributed by atoms with Crippen molar-refractivity contribution in [3.8, 4) is 0 Å². The second-order valence-corrected chi connectivity index (χ2v) is 6.12. The van der Waals surface area contributed by atoms with E-state index in [1.54, 1.807) is 12.1 Å². The predicted molar refractivity (Wildman–Crippen MR) is 84.6 cm³/mol. The van der Waals surface area contributed by atoms with E-state index in [4.69, 9.17) is 20.9 Å². The second kappa shape index (κ2) is 6.68. The maximum absolute atomic E-state index is 14.4. The number of amides is 1. The third-order valence-electron chi connectivity index (χ3n) is 4.28. The van der Waals surface area contributed by atoms with Gasteiger partial charge < -0.3 is 14.2 Å². The number of piperidine rings is 1. The molecule has 0 spiro atoms. The summed E-state index contributed by atoms with van der Waals surface area (Å²) >= 11 is 5.81. The number of aromatic amines is 1. The quantitative estimate of drug-likeness (QED) is 0.896. The number of H-pyrrole nitrogens is 1. The molecule has 2 heterocycles. The highest BCUT2D eigenvalue weighted by atomic mass is 35.5. The van der Waals surface area contributed by atoms with Crippen LogP contribution in [0.2, 0.25) is 5.02 Å². The number of carbonyl (C=O) groups is 1. The highest BCUT2D eigenvalue weighted by Crippen LogP contribution is 2.40. The third kappa shape index (κ3) is 3.17. The van der Waals surface area contributed by atoms with Crippen molar-refractivity contribution in [2.24, 2.45) is 0 Å². The van der Waals surface area contributed by atoms with Crippen molar-refractivity contribution in [3.05, 3.63) is 56.8 Å². The smallest absolute Gasteiger partial charge is 0.409 e. The van der Waals surface area contributed by atoms with E-state index in [2.05, 4.69) is 5.16 Å². The van der Waals surface area contributed by atoms with E-state index in [1.807, 2.05) is 0 Å². The van der Waals surface area contributed by atoms with Gasteiger partial charge in [-0.3, -0.25) is 4.79 Å². The molecule has 6 nitrogen and oxygen atoms in total. The number of nitrogens with one attached hydrogen (secondary N) is 1. The van der Waals surface area contributed by atoms with Crippen LogP contribution in [0.3, 0.4) is 0 Å². The van der Waals surface area contributed by atoms with E-state index in [-0.39, 0.29) is 16.5 Å². The van der Waals surface area contributed by atoms with Crippen LogP contribution in [-0.2, 0) is 4.74 Å². The largest absolute Gasteiger partial charge is 0.453 e. The molecule has 8 heteroatoms. The Kier molecular flexibility index (Phi) is 4.62. The molecular weight excluding hydrogens is 339 g/mol. The number of likely N-dealkylation sites (tertiary alicyclic amines) is 1. The van der Waals surface area contributed by atoms with Crippen LogP contribution in [0, 0.1) is 5.82 Å². The number of methoxy groups -OCH3 is 1. The Balaban J connectivity index is 1.95. The van der Waals surface area contributed by atoms with Gasteiger partial charge in [-0.05, 0) is 25.0 Å². The summed E-state index contributed by atoms with van der Waals surface area (Å²) < 4.78 is 24.3. The Morgan fingerprint density at radius 3 is 2.88 bits per heavy atom. The zero-order chi connectivity index (χ0) is 17.3. The number of aromatic nitrogens is 1. The lowest BCUT2D eigenvalue weighted by Crippen LogP contribution is -2.40. The molecule has 2 aromatic rings. The highest BCUT2D eigenvalue weighted by molar-refractivity contribution is 6.30. The number of hydrogen-bond donors (Lipinski definition) is 1. The summed E-state index contributed by atoms with van der Waals surface area (Å²) in [5.74, 6) is -0.0913. The summed E-state index contributed by atoms with van der Waals surface area (Å²) in [6.07, 6.45) is 0.471. The van der Waals surface area contributed by atoms with E-state index in [0.717, 1.165) is 0 Å². The summed E-state index contributed by atoms with van der Waals surface area (Å²) in [6, 6.07) is 5.21. The summed E-state index contributed by atoms with van der Waals surface area (Å²) in [5.41, 5.74) is 0.0296. The van der Waals surface area contributed by atoms with Crippen LogP contribution >= 0.6 is 11.6 Å². The standard InChI is InChI=1S/C16H16ClFN2O4/c1-23-16(22)20-5-4-9(14-8-15(21)19-24-14)6-13(20)11-3-2-10(17)7-12(11)18/h2-3,7-9,13H,4-6H2,1H3,(H,19,21)/t9-,13+/m1/s1. The summed E-state index contributed by atoms with van der Waals surface area (Å²) in [5, 5.41) is 2.54. The number of carbonyl (C=O) groups excluding carboxylic acids is 1. The molecule has 2 atom stereocenters. The number of nitrogens with zero attached hydrogens (tertiary/aromatic N) is 1. The molecule has 1 aromatic heterocycles. The summed E-state index contributed by atoms with van der Waals surface area (Å²) in [7, 11) is 1.29. The van der Waals surface area contributed by atoms with E-state index in [0.29, 0.717) is 30.7 Å². The minimum Gasteiger partial charge on any atom is -0.453 e. The second-order valence-electron chi connectivity index (χ2n) is 5.68. The fraction of sp³-hybridized carbons (Fsp3) is 0.375. The summed E-state index contributed by atoms with van der Waals surface area (Å²) in [6.45, 7) is 0.360. The lowest BCUT2D eigenvalue weighted by atomic mass is 9.85. The predicted octanol–water partition coefficient (Wildman–Crippen LogP) is 3.45. The van der Waals surface area contributed by atoms with Crippen molar-refractivity contribution >= 4 is 17.7 Å². The molecule has 1 saturated heterocycles. The zero-order valence-electron chi connectivity index (χ0n) is 12.9. The highest BCUT2D eigenvalue weighted by Gasteiger charge is 2.36. The Morgan fingerprint density at radius 2 is 2.25 bits per heavy atom.